The van der Waals surface area contributed by atoms with Crippen LogP contribution in [0.3, 0.4) is 0 Å². The maximum atomic E-state index is 9.93. The smallest absolute Gasteiger partial charge is 0.418 e. The lowest BCUT2D eigenvalue weighted by molar-refractivity contribution is 0.158. The second kappa shape index (κ2) is 4.24. The summed E-state index contributed by atoms with van der Waals surface area (Å²) in [6.07, 6.45) is 6.34. The lowest BCUT2D eigenvalue weighted by Crippen LogP contribution is -2.00. The van der Waals surface area contributed by atoms with E-state index in [0.29, 0.717) is 12.2 Å². The number of hydrogen-bond donors (Lipinski definition) is 0. The van der Waals surface area contributed by atoms with Crippen molar-refractivity contribution in [2.45, 2.75) is 12.5 Å². The van der Waals surface area contributed by atoms with Gasteiger partial charge >= 0.3 is 6.47 Å². The predicted octanol–water partition coefficient (Wildman–Crippen LogP) is 1.43. The Balaban J connectivity index is 2.67. The highest BCUT2D eigenvalue weighted by atomic mass is 16.5. The molecule has 12 heavy (non-hydrogen) atoms. The summed E-state index contributed by atoms with van der Waals surface area (Å²) in [4.78, 5) is 9.93. The van der Waals surface area contributed by atoms with E-state index in [1.807, 2.05) is 0 Å². The van der Waals surface area contributed by atoms with Crippen LogP contribution < -0.4 is 0 Å². The lowest BCUT2D eigenvalue weighted by Gasteiger charge is -2.06. The monoisotopic (exact) mass is 163 g/mol. The summed E-state index contributed by atoms with van der Waals surface area (Å²) >= 11 is 0. The Labute approximate surface area is 70.3 Å². The Kier molecular flexibility index (Phi) is 2.97. The fourth-order valence-corrected chi connectivity index (χ4v) is 0.840. The van der Waals surface area contributed by atoms with E-state index in [1.165, 1.54) is 12.7 Å². The summed E-state index contributed by atoms with van der Waals surface area (Å²) in [6.45, 7) is 1.34. The molecule has 1 heterocycles. The molecule has 0 aliphatic carbocycles. The molecular weight excluding hydrogens is 156 g/mol. The Morgan fingerprint density at radius 2 is 2.58 bits per heavy atom. The molecule has 0 amide bonds. The van der Waals surface area contributed by atoms with Crippen molar-refractivity contribution < 1.29 is 13.9 Å². The first-order valence-electron chi connectivity index (χ1n) is 3.38. The molecule has 1 radical (unpaired) electrons. The fourth-order valence-electron chi connectivity index (χ4n) is 0.840. The number of furan rings is 1. The maximum Gasteiger partial charge on any atom is 0.418 e. The second-order valence-corrected chi connectivity index (χ2v) is 2.11. The Bertz CT molecular complexity index is 268. The first-order valence-corrected chi connectivity index (χ1v) is 3.38. The molecule has 0 aliphatic rings. The van der Waals surface area contributed by atoms with Gasteiger partial charge in [0.05, 0.1) is 12.7 Å². The maximum absolute atomic E-state index is 9.93. The van der Waals surface area contributed by atoms with Gasteiger partial charge in [0, 0.05) is 0 Å². The molecule has 0 saturated carbocycles. The summed E-state index contributed by atoms with van der Waals surface area (Å²) in [6, 6.07) is 3.40. The van der Waals surface area contributed by atoms with Gasteiger partial charge in [0.1, 0.15) is 5.76 Å². The molecule has 0 N–H and O–H groups in total. The molecule has 0 fully saturated rings. The number of rotatable bonds is 4. The highest BCUT2D eigenvalue weighted by Crippen LogP contribution is 2.19. The van der Waals surface area contributed by atoms with Crippen LogP contribution in [0.1, 0.15) is 18.3 Å². The van der Waals surface area contributed by atoms with Gasteiger partial charge in [-0.3, -0.25) is 0 Å². The van der Waals surface area contributed by atoms with Crippen LogP contribution in [0, 0.1) is 12.3 Å². The van der Waals surface area contributed by atoms with E-state index in [4.69, 9.17) is 10.8 Å². The molecule has 3 nitrogen and oxygen atoms in total. The number of ether oxygens (including phenoxy) is 1. The van der Waals surface area contributed by atoms with Gasteiger partial charge in [-0.05, 0) is 12.1 Å². The molecule has 0 aliphatic heterocycles. The van der Waals surface area contributed by atoms with Crippen molar-refractivity contribution in [1.29, 1.82) is 0 Å². The van der Waals surface area contributed by atoms with E-state index in [1.54, 1.807) is 12.1 Å². The predicted molar refractivity (Wildman–Crippen MR) is 41.7 cm³/mol. The quantitative estimate of drug-likeness (QED) is 0.630. The van der Waals surface area contributed by atoms with Gasteiger partial charge in [-0.1, -0.05) is 0 Å². The van der Waals surface area contributed by atoms with Crippen molar-refractivity contribution in [1.82, 2.24) is 0 Å². The van der Waals surface area contributed by atoms with E-state index < -0.39 is 6.10 Å². The van der Waals surface area contributed by atoms with Crippen molar-refractivity contribution in [2.24, 2.45) is 0 Å². The van der Waals surface area contributed by atoms with Gasteiger partial charge in [0.2, 0.25) is 0 Å². The molecule has 0 bridgehead atoms. The van der Waals surface area contributed by atoms with E-state index in [-0.39, 0.29) is 0 Å². The van der Waals surface area contributed by atoms with E-state index in [2.05, 4.69) is 10.7 Å². The van der Waals surface area contributed by atoms with Gasteiger partial charge in [-0.15, -0.1) is 12.3 Å². The van der Waals surface area contributed by atoms with E-state index in [0.717, 1.165) is 0 Å². The molecule has 1 aromatic heterocycles. The molecule has 1 unspecified atom stereocenters. The molecule has 1 atom stereocenters. The van der Waals surface area contributed by atoms with Gasteiger partial charge in [0.15, 0.2) is 6.10 Å². The van der Waals surface area contributed by atoms with Gasteiger partial charge in [0.25, 0.3) is 0 Å². The minimum absolute atomic E-state index is 0.294. The molecule has 0 saturated heterocycles. The zero-order chi connectivity index (χ0) is 8.81. The summed E-state index contributed by atoms with van der Waals surface area (Å²) in [7, 11) is 0. The van der Waals surface area contributed by atoms with Crippen LogP contribution in [0.25, 0.3) is 0 Å². The van der Waals surface area contributed by atoms with Crippen LogP contribution in [0.4, 0.5) is 0 Å². The Morgan fingerprint density at radius 3 is 3.08 bits per heavy atom. The fraction of sp³-hybridized carbons (Fsp3) is 0.222. The molecule has 61 valence electrons. The van der Waals surface area contributed by atoms with Gasteiger partial charge in [-0.25, -0.2) is 4.79 Å². The SMILES string of the molecule is C#CCC(O[C]=O)c1ccco1. The van der Waals surface area contributed by atoms with Crippen LogP contribution in [0.2, 0.25) is 0 Å². The van der Waals surface area contributed by atoms with Crippen molar-refractivity contribution in [3.8, 4) is 12.3 Å². The largest absolute Gasteiger partial charge is 0.465 e. The van der Waals surface area contributed by atoms with E-state index >= 15 is 0 Å². The Hall–Kier alpha value is -1.69. The zero-order valence-electron chi connectivity index (χ0n) is 6.32. The summed E-state index contributed by atoms with van der Waals surface area (Å²) < 4.78 is 9.59. The third kappa shape index (κ3) is 1.89. The summed E-state index contributed by atoms with van der Waals surface area (Å²) in [5, 5.41) is 0. The summed E-state index contributed by atoms with van der Waals surface area (Å²) in [5.41, 5.74) is 0. The Morgan fingerprint density at radius 1 is 1.75 bits per heavy atom. The first kappa shape index (κ1) is 8.41. The second-order valence-electron chi connectivity index (χ2n) is 2.11. The minimum atomic E-state index is -0.512. The van der Waals surface area contributed by atoms with Crippen molar-refractivity contribution >= 4 is 6.47 Å². The number of terminal acetylenes is 1. The van der Waals surface area contributed by atoms with Crippen LogP contribution >= 0.6 is 0 Å². The van der Waals surface area contributed by atoms with Crippen molar-refractivity contribution in [2.75, 3.05) is 0 Å². The third-order valence-corrected chi connectivity index (χ3v) is 1.35. The lowest BCUT2D eigenvalue weighted by atomic mass is 10.2. The minimum Gasteiger partial charge on any atom is -0.465 e. The number of carbonyl (C=O) groups excluding carboxylic acids is 1. The summed E-state index contributed by atoms with van der Waals surface area (Å²) in [5.74, 6) is 2.92. The average Bonchev–Trinajstić information content (AvgIpc) is 2.56. The topological polar surface area (TPSA) is 39.4 Å². The molecule has 3 heteroatoms. The molecule has 0 spiro atoms. The highest BCUT2D eigenvalue weighted by molar-refractivity contribution is 5.39. The molecule has 1 rings (SSSR count). The molecule has 1 aromatic rings. The molecular formula is C9H7O3. The third-order valence-electron chi connectivity index (χ3n) is 1.35. The highest BCUT2D eigenvalue weighted by Gasteiger charge is 2.13. The van der Waals surface area contributed by atoms with Gasteiger partial charge in [-0.2, -0.15) is 0 Å². The average molecular weight is 163 g/mol. The van der Waals surface area contributed by atoms with Crippen molar-refractivity contribution in [3.05, 3.63) is 24.2 Å². The van der Waals surface area contributed by atoms with Crippen LogP contribution in [-0.2, 0) is 9.53 Å². The van der Waals surface area contributed by atoms with E-state index in [9.17, 15) is 4.79 Å². The normalized spacial score (nSPS) is 11.6. The zero-order valence-corrected chi connectivity index (χ0v) is 6.32. The first-order chi connectivity index (χ1) is 5.88. The van der Waals surface area contributed by atoms with Crippen LogP contribution in [0.15, 0.2) is 22.8 Å². The van der Waals surface area contributed by atoms with Crippen LogP contribution in [-0.4, -0.2) is 6.47 Å². The number of hydrogen-bond acceptors (Lipinski definition) is 3. The van der Waals surface area contributed by atoms with Gasteiger partial charge < -0.3 is 9.15 Å². The van der Waals surface area contributed by atoms with Crippen molar-refractivity contribution in [3.63, 3.8) is 0 Å². The standard InChI is InChI=1S/C9H7O3/c1-2-4-8(12-7-10)9-5-3-6-11-9/h1,3,5-6,8H,4H2. The molecule has 0 aromatic carbocycles. The van der Waals surface area contributed by atoms with Crippen LogP contribution in [0.5, 0.6) is 0 Å².